The molecule has 1 atom stereocenters. The van der Waals surface area contributed by atoms with Crippen LogP contribution in [-0.4, -0.2) is 50.3 Å². The summed E-state index contributed by atoms with van der Waals surface area (Å²) in [4.78, 5) is 17.0. The van der Waals surface area contributed by atoms with Gasteiger partial charge in [0.15, 0.2) is 0 Å². The normalized spacial score (nSPS) is 15.9. The molecule has 6 nitrogen and oxygen atoms in total. The highest BCUT2D eigenvalue weighted by molar-refractivity contribution is 9.10. The van der Waals surface area contributed by atoms with Gasteiger partial charge in [0, 0.05) is 22.4 Å². The van der Waals surface area contributed by atoms with Crippen molar-refractivity contribution >= 4 is 43.2 Å². The Hall–Kier alpha value is -2.20. The molecule has 0 radical (unpaired) electrons. The zero-order valence-electron chi connectivity index (χ0n) is 20.0. The van der Waals surface area contributed by atoms with Gasteiger partial charge in [0.1, 0.15) is 5.75 Å². The lowest BCUT2D eigenvalue weighted by molar-refractivity contribution is -0.133. The van der Waals surface area contributed by atoms with Gasteiger partial charge in [0.25, 0.3) is 0 Å². The molecule has 2 aromatic carbocycles. The van der Waals surface area contributed by atoms with Crippen LogP contribution in [0.4, 0.5) is 0 Å². The summed E-state index contributed by atoms with van der Waals surface area (Å²) in [6.07, 6.45) is 0.759. The summed E-state index contributed by atoms with van der Waals surface area (Å²) in [6.45, 7) is 4.50. The smallest absolute Gasteiger partial charge is 0.243 e. The summed E-state index contributed by atoms with van der Waals surface area (Å²) in [6, 6.07) is 16.1. The number of nitrogens with zero attached hydrogens (tertiary/aromatic N) is 2. The number of halogens is 1. The minimum atomic E-state index is -3.84. The van der Waals surface area contributed by atoms with Gasteiger partial charge in [0.2, 0.25) is 15.9 Å². The molecule has 0 aliphatic carbocycles. The van der Waals surface area contributed by atoms with Crippen molar-refractivity contribution in [1.82, 2.24) is 9.21 Å². The molecule has 0 saturated carbocycles. The van der Waals surface area contributed by atoms with Gasteiger partial charge in [-0.15, -0.1) is 11.3 Å². The third-order valence-electron chi connectivity index (χ3n) is 6.05. The molecule has 0 bridgehead atoms. The van der Waals surface area contributed by atoms with E-state index in [9.17, 15) is 13.2 Å². The Morgan fingerprint density at radius 1 is 1.14 bits per heavy atom. The number of ether oxygens (including phenoxy) is 1. The van der Waals surface area contributed by atoms with E-state index < -0.39 is 10.0 Å². The SMILES string of the molecule is COc1ccc(C2c3ccsc3CCN2C(=O)CN(CC(C)C)S(=O)(=O)c2ccc(Br)cc2)cc1. The summed E-state index contributed by atoms with van der Waals surface area (Å²) in [5, 5.41) is 2.05. The Balaban J connectivity index is 1.66. The van der Waals surface area contributed by atoms with Gasteiger partial charge >= 0.3 is 0 Å². The standard InChI is InChI=1S/C26H29BrN2O4S2/c1-18(2)16-28(35(31,32)22-10-6-20(27)7-11-22)17-25(30)29-14-12-24-23(13-15-34-24)26(29)19-4-8-21(33-3)9-5-19/h4-11,13,15,18,26H,12,14,16-17H2,1-3H3. The number of carbonyl (C=O) groups is 1. The van der Waals surface area contributed by atoms with Crippen molar-refractivity contribution in [3.8, 4) is 5.75 Å². The van der Waals surface area contributed by atoms with Gasteiger partial charge in [0.05, 0.1) is 24.6 Å². The van der Waals surface area contributed by atoms with Crippen molar-refractivity contribution in [3.63, 3.8) is 0 Å². The number of rotatable bonds is 8. The van der Waals surface area contributed by atoms with Crippen molar-refractivity contribution in [1.29, 1.82) is 0 Å². The number of carbonyl (C=O) groups excluding carboxylic acids is 1. The van der Waals surface area contributed by atoms with E-state index in [-0.39, 0.29) is 35.9 Å². The lowest BCUT2D eigenvalue weighted by Gasteiger charge is -2.37. The number of amides is 1. The summed E-state index contributed by atoms with van der Waals surface area (Å²) < 4.78 is 34.4. The maximum atomic E-state index is 13.8. The van der Waals surface area contributed by atoms with Crippen LogP contribution in [0.15, 0.2) is 69.3 Å². The van der Waals surface area contributed by atoms with E-state index >= 15 is 0 Å². The minimum Gasteiger partial charge on any atom is -0.497 e. The quantitative estimate of drug-likeness (QED) is 0.363. The predicted octanol–water partition coefficient (Wildman–Crippen LogP) is 5.34. The third-order valence-corrected chi connectivity index (χ3v) is 9.40. The highest BCUT2D eigenvalue weighted by atomic mass is 79.9. The van der Waals surface area contributed by atoms with Crippen LogP contribution < -0.4 is 4.74 Å². The van der Waals surface area contributed by atoms with Crippen LogP contribution in [0.3, 0.4) is 0 Å². The Bertz CT molecular complexity index is 1270. The lowest BCUT2D eigenvalue weighted by Crippen LogP contribution is -2.47. The van der Waals surface area contributed by atoms with E-state index in [0.717, 1.165) is 27.8 Å². The molecule has 1 amide bonds. The van der Waals surface area contributed by atoms with E-state index in [4.69, 9.17) is 4.74 Å². The molecule has 0 saturated heterocycles. The molecule has 0 N–H and O–H groups in total. The van der Waals surface area contributed by atoms with Crippen LogP contribution in [0.5, 0.6) is 5.75 Å². The second-order valence-corrected chi connectivity index (χ2v) is 12.8. The van der Waals surface area contributed by atoms with Crippen LogP contribution in [0.2, 0.25) is 0 Å². The topological polar surface area (TPSA) is 66.9 Å². The zero-order valence-corrected chi connectivity index (χ0v) is 23.2. The van der Waals surface area contributed by atoms with Gasteiger partial charge in [-0.05, 0) is 71.3 Å². The molecule has 4 rings (SSSR count). The zero-order chi connectivity index (χ0) is 25.2. The monoisotopic (exact) mass is 576 g/mol. The Labute approximate surface area is 219 Å². The molecule has 0 spiro atoms. The number of thiophene rings is 1. The summed E-state index contributed by atoms with van der Waals surface area (Å²) in [7, 11) is -2.21. The molecule has 1 aliphatic rings. The summed E-state index contributed by atoms with van der Waals surface area (Å²) in [5.41, 5.74) is 2.08. The van der Waals surface area contributed by atoms with Gasteiger partial charge in [-0.1, -0.05) is 41.9 Å². The Morgan fingerprint density at radius 3 is 2.46 bits per heavy atom. The average Bonchev–Trinajstić information content (AvgIpc) is 3.32. The van der Waals surface area contributed by atoms with Crippen molar-refractivity contribution in [2.45, 2.75) is 31.2 Å². The fourth-order valence-electron chi connectivity index (χ4n) is 4.38. The third kappa shape index (κ3) is 5.63. The molecule has 186 valence electrons. The van der Waals surface area contributed by atoms with Crippen molar-refractivity contribution in [2.75, 3.05) is 26.7 Å². The van der Waals surface area contributed by atoms with Crippen molar-refractivity contribution in [3.05, 3.63) is 80.5 Å². The Kier molecular flexibility index (Phi) is 8.00. The first-order valence-electron chi connectivity index (χ1n) is 11.5. The highest BCUT2D eigenvalue weighted by Crippen LogP contribution is 2.38. The number of methoxy groups -OCH3 is 1. The number of sulfonamides is 1. The van der Waals surface area contributed by atoms with Gasteiger partial charge in [-0.2, -0.15) is 4.31 Å². The lowest BCUT2D eigenvalue weighted by atomic mass is 9.93. The van der Waals surface area contributed by atoms with E-state index in [0.29, 0.717) is 6.54 Å². The van der Waals surface area contributed by atoms with E-state index in [1.807, 2.05) is 43.0 Å². The minimum absolute atomic E-state index is 0.0650. The first-order chi connectivity index (χ1) is 16.7. The molecule has 2 heterocycles. The number of hydrogen-bond acceptors (Lipinski definition) is 5. The summed E-state index contributed by atoms with van der Waals surface area (Å²) in [5.74, 6) is 0.607. The van der Waals surface area contributed by atoms with E-state index in [1.54, 1.807) is 42.7 Å². The van der Waals surface area contributed by atoms with Crippen LogP contribution in [0.1, 0.15) is 35.9 Å². The maximum Gasteiger partial charge on any atom is 0.243 e. The summed E-state index contributed by atoms with van der Waals surface area (Å²) >= 11 is 5.05. The molecule has 1 aliphatic heterocycles. The molecule has 35 heavy (non-hydrogen) atoms. The molecule has 1 unspecified atom stereocenters. The average molecular weight is 578 g/mol. The van der Waals surface area contributed by atoms with Gasteiger partial charge < -0.3 is 9.64 Å². The molecule has 9 heteroatoms. The maximum absolute atomic E-state index is 13.8. The number of fused-ring (bicyclic) bond motifs is 1. The number of benzene rings is 2. The van der Waals surface area contributed by atoms with Crippen LogP contribution in [0, 0.1) is 5.92 Å². The van der Waals surface area contributed by atoms with E-state index in [1.165, 1.54) is 9.18 Å². The molecule has 3 aromatic rings. The van der Waals surface area contributed by atoms with Crippen LogP contribution in [0.25, 0.3) is 0 Å². The fourth-order valence-corrected chi connectivity index (χ4v) is 7.10. The first kappa shape index (κ1) is 25.9. The molecular weight excluding hydrogens is 548 g/mol. The molecular formula is C26H29BrN2O4S2. The largest absolute Gasteiger partial charge is 0.497 e. The second kappa shape index (κ2) is 10.8. The highest BCUT2D eigenvalue weighted by Gasteiger charge is 2.35. The molecule has 1 aromatic heterocycles. The van der Waals surface area contributed by atoms with E-state index in [2.05, 4.69) is 27.4 Å². The van der Waals surface area contributed by atoms with Crippen molar-refractivity contribution in [2.24, 2.45) is 5.92 Å². The van der Waals surface area contributed by atoms with Crippen LogP contribution >= 0.6 is 27.3 Å². The second-order valence-electron chi connectivity index (χ2n) is 8.96. The Morgan fingerprint density at radius 2 is 1.83 bits per heavy atom. The first-order valence-corrected chi connectivity index (χ1v) is 14.6. The molecule has 0 fully saturated rings. The van der Waals surface area contributed by atoms with Gasteiger partial charge in [-0.25, -0.2) is 8.42 Å². The fraction of sp³-hybridized carbons (Fsp3) is 0.346. The number of hydrogen-bond donors (Lipinski definition) is 0. The van der Waals surface area contributed by atoms with Crippen LogP contribution in [-0.2, 0) is 21.2 Å². The van der Waals surface area contributed by atoms with Crippen molar-refractivity contribution < 1.29 is 17.9 Å². The van der Waals surface area contributed by atoms with Gasteiger partial charge in [-0.3, -0.25) is 4.79 Å². The predicted molar refractivity (Wildman–Crippen MR) is 142 cm³/mol.